The molecule has 0 aliphatic rings. The van der Waals surface area contributed by atoms with Crippen LogP contribution in [0.4, 0.5) is 10.5 Å². The van der Waals surface area contributed by atoms with Gasteiger partial charge in [0.15, 0.2) is 0 Å². The van der Waals surface area contributed by atoms with Crippen LogP contribution in [0.1, 0.15) is 11.5 Å². The number of fused-ring (bicyclic) bond motifs is 1. The molecule has 0 fully saturated rings. The maximum absolute atomic E-state index is 12.6. The Kier molecular flexibility index (Phi) is 5.57. The summed E-state index contributed by atoms with van der Waals surface area (Å²) in [5.41, 5.74) is 6.15. The number of hydrogen-bond acceptors (Lipinski definition) is 5. The molecule has 2 N–H and O–H groups in total. The van der Waals surface area contributed by atoms with Crippen molar-refractivity contribution in [3.05, 3.63) is 97.2 Å². The highest BCUT2D eigenvalue weighted by atomic mass is 16.3. The molecule has 0 atom stereocenters. The van der Waals surface area contributed by atoms with Crippen molar-refractivity contribution in [1.82, 2.24) is 24.6 Å². The van der Waals surface area contributed by atoms with Crippen LogP contribution < -0.4 is 10.6 Å². The fourth-order valence-corrected chi connectivity index (χ4v) is 4.28. The molecule has 37 heavy (non-hydrogen) atoms. The third-order valence-corrected chi connectivity index (χ3v) is 6.07. The number of nitrogens with zero attached hydrogens (tertiary/aromatic N) is 4. The molecule has 2 amide bonds. The first-order chi connectivity index (χ1) is 18.0. The Balaban J connectivity index is 1.35. The van der Waals surface area contributed by atoms with Gasteiger partial charge in [0.05, 0.1) is 30.0 Å². The Hall–Kier alpha value is -5.05. The largest absolute Gasteiger partial charge is 0.467 e. The highest BCUT2D eigenvalue weighted by Gasteiger charge is 2.13. The third-order valence-electron chi connectivity index (χ3n) is 6.07. The molecule has 0 bridgehead atoms. The summed E-state index contributed by atoms with van der Waals surface area (Å²) < 4.78 is 14.9. The van der Waals surface area contributed by atoms with Gasteiger partial charge in [-0.3, -0.25) is 9.25 Å². The molecule has 0 saturated carbocycles. The van der Waals surface area contributed by atoms with Crippen LogP contribution in [0.15, 0.2) is 94.5 Å². The fourth-order valence-electron chi connectivity index (χ4n) is 4.28. The summed E-state index contributed by atoms with van der Waals surface area (Å²) in [6.45, 7) is 2.19. The summed E-state index contributed by atoms with van der Waals surface area (Å²) >= 11 is 0. The molecule has 0 aliphatic heterocycles. The van der Waals surface area contributed by atoms with E-state index in [1.165, 1.54) is 0 Å². The van der Waals surface area contributed by atoms with Gasteiger partial charge in [-0.25, -0.2) is 9.78 Å². The number of benzene rings is 2. The quantitative estimate of drug-likeness (QED) is 0.301. The van der Waals surface area contributed by atoms with E-state index in [1.54, 1.807) is 23.3 Å². The van der Waals surface area contributed by atoms with E-state index >= 15 is 0 Å². The molecule has 0 unspecified atom stereocenters. The number of hydrogen-bond donors (Lipinski definition) is 2. The Morgan fingerprint density at radius 3 is 2.70 bits per heavy atom. The molecular weight excluding hydrogens is 468 g/mol. The second-order valence-corrected chi connectivity index (χ2v) is 8.79. The van der Waals surface area contributed by atoms with Crippen molar-refractivity contribution in [2.45, 2.75) is 13.5 Å². The third kappa shape index (κ3) is 4.62. The summed E-state index contributed by atoms with van der Waals surface area (Å²) in [6, 6.07) is 19.0. The van der Waals surface area contributed by atoms with Crippen LogP contribution in [-0.2, 0) is 13.6 Å². The van der Waals surface area contributed by atoms with E-state index in [1.807, 2.05) is 79.5 Å². The van der Waals surface area contributed by atoms with E-state index < -0.39 is 0 Å². The van der Waals surface area contributed by atoms with Crippen molar-refractivity contribution < 1.29 is 13.6 Å². The zero-order valence-corrected chi connectivity index (χ0v) is 20.3. The number of rotatable bonds is 6. The number of aromatic nitrogens is 4. The number of amides is 2. The number of aryl methyl sites for hydroxylation is 2. The summed E-state index contributed by atoms with van der Waals surface area (Å²) in [5, 5.41) is 10.0. The zero-order chi connectivity index (χ0) is 25.4. The minimum Gasteiger partial charge on any atom is -0.467 e. The normalized spacial score (nSPS) is 11.2. The lowest BCUT2D eigenvalue weighted by atomic mass is 10.1. The van der Waals surface area contributed by atoms with Gasteiger partial charge in [0.2, 0.25) is 0 Å². The van der Waals surface area contributed by atoms with Gasteiger partial charge in [-0.2, -0.15) is 5.10 Å². The number of anilines is 1. The minimum atomic E-state index is -0.341. The molecule has 4 heterocycles. The number of urea groups is 1. The van der Waals surface area contributed by atoms with Gasteiger partial charge < -0.3 is 19.5 Å². The average molecular weight is 493 g/mol. The van der Waals surface area contributed by atoms with Crippen molar-refractivity contribution in [2.75, 3.05) is 5.32 Å². The second kappa shape index (κ2) is 9.19. The zero-order valence-electron chi connectivity index (χ0n) is 20.3. The Morgan fingerprint density at radius 1 is 1.03 bits per heavy atom. The molecule has 184 valence electrons. The molecule has 9 heteroatoms. The van der Waals surface area contributed by atoms with Gasteiger partial charge in [0, 0.05) is 35.7 Å². The summed E-state index contributed by atoms with van der Waals surface area (Å²) in [6.07, 6.45) is 7.17. The average Bonchev–Trinajstić information content (AvgIpc) is 3.69. The lowest BCUT2D eigenvalue weighted by Crippen LogP contribution is -2.28. The summed E-state index contributed by atoms with van der Waals surface area (Å²) in [5.74, 6) is 2.19. The maximum Gasteiger partial charge on any atom is 0.319 e. The Morgan fingerprint density at radius 2 is 1.95 bits per heavy atom. The van der Waals surface area contributed by atoms with Crippen molar-refractivity contribution in [2.24, 2.45) is 7.05 Å². The first-order valence-corrected chi connectivity index (χ1v) is 11.8. The van der Waals surface area contributed by atoms with Crippen LogP contribution in [0.3, 0.4) is 0 Å². The van der Waals surface area contributed by atoms with Crippen LogP contribution in [0.5, 0.6) is 0 Å². The monoisotopic (exact) mass is 492 g/mol. The second-order valence-electron chi connectivity index (χ2n) is 8.79. The molecule has 4 aromatic heterocycles. The number of furan rings is 2. The molecule has 0 radical (unpaired) electrons. The molecular formula is C28H24N6O3. The van der Waals surface area contributed by atoms with Crippen LogP contribution >= 0.6 is 0 Å². The van der Waals surface area contributed by atoms with Crippen LogP contribution in [0, 0.1) is 6.92 Å². The lowest BCUT2D eigenvalue weighted by Gasteiger charge is -2.12. The van der Waals surface area contributed by atoms with Gasteiger partial charge in [0.25, 0.3) is 0 Å². The highest BCUT2D eigenvalue weighted by molar-refractivity contribution is 5.91. The fraction of sp³-hybridized carbons (Fsp3) is 0.107. The van der Waals surface area contributed by atoms with E-state index in [0.29, 0.717) is 17.2 Å². The van der Waals surface area contributed by atoms with Gasteiger partial charge in [-0.1, -0.05) is 6.07 Å². The van der Waals surface area contributed by atoms with E-state index in [4.69, 9.17) is 8.83 Å². The lowest BCUT2D eigenvalue weighted by molar-refractivity contribution is 0.251. The number of carbonyl (C=O) groups is 1. The van der Waals surface area contributed by atoms with Crippen LogP contribution in [-0.4, -0.2) is 25.4 Å². The molecule has 0 aliphatic carbocycles. The molecule has 0 saturated heterocycles. The molecule has 6 rings (SSSR count). The van der Waals surface area contributed by atoms with E-state index in [9.17, 15) is 4.79 Å². The van der Waals surface area contributed by atoms with Crippen molar-refractivity contribution in [3.63, 3.8) is 0 Å². The standard InChI is InChI=1S/C28H24N6O3/c1-18-5-8-27(37-18)20-10-22(32-28(35)29-15-24-4-3-9-36-24)13-23(11-20)34-17-30-25-12-19(6-7-26(25)34)21-14-31-33(2)16-21/h3-14,16-17H,15H2,1-2H3,(H2,29,32,35). The number of nitrogens with one attached hydrogen (secondary N) is 2. The van der Waals surface area contributed by atoms with Crippen molar-refractivity contribution in [3.8, 4) is 28.1 Å². The SMILES string of the molecule is Cc1ccc(-c2cc(NC(=O)NCc3ccco3)cc(-n3cnc4cc(-c5cnn(C)c5)ccc43)c2)o1. The summed E-state index contributed by atoms with van der Waals surface area (Å²) in [7, 11) is 1.90. The predicted molar refractivity (Wildman–Crippen MR) is 140 cm³/mol. The maximum atomic E-state index is 12.6. The summed E-state index contributed by atoms with van der Waals surface area (Å²) in [4.78, 5) is 17.3. The van der Waals surface area contributed by atoms with E-state index in [0.717, 1.165) is 39.2 Å². The number of carbonyl (C=O) groups excluding carboxylic acids is 1. The van der Waals surface area contributed by atoms with Crippen LogP contribution in [0.25, 0.3) is 39.2 Å². The predicted octanol–water partition coefficient (Wildman–Crippen LogP) is 5.91. The van der Waals surface area contributed by atoms with E-state index in [2.05, 4.69) is 26.8 Å². The van der Waals surface area contributed by atoms with Gasteiger partial charge in [0.1, 0.15) is 23.6 Å². The molecule has 6 aromatic rings. The highest BCUT2D eigenvalue weighted by Crippen LogP contribution is 2.31. The topological polar surface area (TPSA) is 103 Å². The smallest absolute Gasteiger partial charge is 0.319 e. The minimum absolute atomic E-state index is 0.286. The first kappa shape index (κ1) is 22.4. The van der Waals surface area contributed by atoms with Gasteiger partial charge in [-0.05, 0) is 67.1 Å². The van der Waals surface area contributed by atoms with Crippen LogP contribution in [0.2, 0.25) is 0 Å². The number of imidazole rings is 1. The molecule has 0 spiro atoms. The van der Waals surface area contributed by atoms with E-state index in [-0.39, 0.29) is 12.6 Å². The van der Waals surface area contributed by atoms with Crippen molar-refractivity contribution >= 4 is 22.8 Å². The van der Waals surface area contributed by atoms with Gasteiger partial charge in [-0.15, -0.1) is 0 Å². The first-order valence-electron chi connectivity index (χ1n) is 11.8. The van der Waals surface area contributed by atoms with Gasteiger partial charge >= 0.3 is 6.03 Å². The molecule has 2 aromatic carbocycles. The Bertz CT molecular complexity index is 1710. The Labute approximate surface area is 212 Å². The molecule has 9 nitrogen and oxygen atoms in total. The van der Waals surface area contributed by atoms with Crippen molar-refractivity contribution in [1.29, 1.82) is 0 Å².